The van der Waals surface area contributed by atoms with Crippen LogP contribution in [0.4, 0.5) is 0 Å². The van der Waals surface area contributed by atoms with Crippen LogP contribution >= 0.6 is 0 Å². The van der Waals surface area contributed by atoms with Crippen LogP contribution in [0.1, 0.15) is 51.4 Å². The second-order valence-electron chi connectivity index (χ2n) is 9.38. The highest BCUT2D eigenvalue weighted by atomic mass is 16.8. The molecule has 1 saturated carbocycles. The van der Waals surface area contributed by atoms with Gasteiger partial charge in [0, 0.05) is 13.7 Å². The molecular weight excluding hydrogens is 358 g/mol. The fraction of sp³-hybridized carbons (Fsp3) is 0.905. The Morgan fingerprint density at radius 3 is 2.54 bits per heavy atom. The molecular formula is C21H33N3O4. The number of aromatic nitrogens is 3. The lowest BCUT2D eigenvalue weighted by Gasteiger charge is -2.24. The quantitative estimate of drug-likeness (QED) is 0.768. The Morgan fingerprint density at radius 2 is 1.82 bits per heavy atom. The first-order valence-electron chi connectivity index (χ1n) is 10.9. The van der Waals surface area contributed by atoms with Crippen molar-refractivity contribution in [2.45, 2.75) is 89.6 Å². The molecule has 2 aliphatic heterocycles. The number of fused-ring (bicyclic) bond motifs is 3. The maximum absolute atomic E-state index is 6.31. The number of methoxy groups -OCH3 is 1. The molecule has 2 aliphatic carbocycles. The zero-order valence-corrected chi connectivity index (χ0v) is 17.5. The summed E-state index contributed by atoms with van der Waals surface area (Å²) < 4.78 is 26.1. The van der Waals surface area contributed by atoms with Crippen LogP contribution in [0, 0.1) is 17.8 Å². The molecule has 7 atom stereocenters. The summed E-state index contributed by atoms with van der Waals surface area (Å²) in [5.74, 6) is 1.82. The monoisotopic (exact) mass is 391 g/mol. The summed E-state index contributed by atoms with van der Waals surface area (Å²) in [4.78, 5) is 0. The van der Waals surface area contributed by atoms with Crippen molar-refractivity contribution in [1.29, 1.82) is 0 Å². The van der Waals surface area contributed by atoms with Crippen molar-refractivity contribution in [2.24, 2.45) is 17.8 Å². The van der Waals surface area contributed by atoms with Gasteiger partial charge in [-0.15, -0.1) is 5.10 Å². The number of ether oxygens (including phenoxy) is 4. The molecule has 0 bridgehead atoms. The summed E-state index contributed by atoms with van der Waals surface area (Å²) in [6, 6.07) is 0. The van der Waals surface area contributed by atoms with Crippen LogP contribution in [0.5, 0.6) is 0 Å². The maximum atomic E-state index is 6.31. The van der Waals surface area contributed by atoms with Gasteiger partial charge in [0.05, 0.1) is 24.0 Å². The van der Waals surface area contributed by atoms with Crippen molar-refractivity contribution < 1.29 is 18.9 Å². The molecule has 1 aromatic rings. The number of rotatable bonds is 5. The van der Waals surface area contributed by atoms with E-state index in [9.17, 15) is 0 Å². The molecule has 0 N–H and O–H groups in total. The Morgan fingerprint density at radius 1 is 1.11 bits per heavy atom. The minimum absolute atomic E-state index is 0.0114. The lowest BCUT2D eigenvalue weighted by molar-refractivity contribution is -0.188. The first kappa shape index (κ1) is 19.0. The number of nitrogens with zero attached hydrogens (tertiary/aromatic N) is 3. The molecule has 7 heteroatoms. The molecule has 3 heterocycles. The Labute approximate surface area is 167 Å². The summed E-state index contributed by atoms with van der Waals surface area (Å²) in [7, 11) is 1.81. The largest absolute Gasteiger partial charge is 0.384 e. The van der Waals surface area contributed by atoms with Crippen molar-refractivity contribution >= 4 is 0 Å². The van der Waals surface area contributed by atoms with E-state index < -0.39 is 5.79 Å². The second kappa shape index (κ2) is 7.04. The molecule has 0 aromatic carbocycles. The highest BCUT2D eigenvalue weighted by Gasteiger charge is 2.55. The van der Waals surface area contributed by atoms with Crippen LogP contribution in [0.2, 0.25) is 0 Å². The van der Waals surface area contributed by atoms with Gasteiger partial charge in [-0.3, -0.25) is 0 Å². The molecule has 1 aromatic heterocycles. The van der Waals surface area contributed by atoms with Gasteiger partial charge in [-0.25, -0.2) is 4.68 Å². The molecule has 4 aliphatic rings. The van der Waals surface area contributed by atoms with Crippen LogP contribution < -0.4 is 0 Å². The van der Waals surface area contributed by atoms with E-state index in [0.29, 0.717) is 6.54 Å². The van der Waals surface area contributed by atoms with Crippen molar-refractivity contribution in [3.05, 3.63) is 11.4 Å². The summed E-state index contributed by atoms with van der Waals surface area (Å²) in [6.07, 6.45) is 5.44. The SMILES string of the molecule is CCC1OC(Cn2nnc3c2CC[C@H]2C(COC)[C@H]2CC3)C2OC(C)(C)OC12. The van der Waals surface area contributed by atoms with Gasteiger partial charge in [0.1, 0.15) is 18.3 Å². The zero-order chi connectivity index (χ0) is 19.5. The van der Waals surface area contributed by atoms with Crippen molar-refractivity contribution in [2.75, 3.05) is 13.7 Å². The van der Waals surface area contributed by atoms with E-state index >= 15 is 0 Å². The maximum Gasteiger partial charge on any atom is 0.164 e. The Bertz CT molecular complexity index is 721. The summed E-state index contributed by atoms with van der Waals surface area (Å²) in [6.45, 7) is 7.71. The number of hydrogen-bond donors (Lipinski definition) is 0. The number of aryl methyl sites for hydroxylation is 1. The minimum Gasteiger partial charge on any atom is -0.384 e. The predicted molar refractivity (Wildman–Crippen MR) is 102 cm³/mol. The molecule has 2 saturated heterocycles. The van der Waals surface area contributed by atoms with Gasteiger partial charge in [-0.05, 0) is 63.7 Å². The summed E-state index contributed by atoms with van der Waals surface area (Å²) in [5, 5.41) is 9.04. The Kier molecular flexibility index (Phi) is 4.77. The van der Waals surface area contributed by atoms with E-state index in [1.807, 2.05) is 21.0 Å². The van der Waals surface area contributed by atoms with Gasteiger partial charge in [0.2, 0.25) is 0 Å². The van der Waals surface area contributed by atoms with Crippen LogP contribution in [-0.2, 0) is 38.3 Å². The highest BCUT2D eigenvalue weighted by Crippen LogP contribution is 2.52. The van der Waals surface area contributed by atoms with Gasteiger partial charge in [0.25, 0.3) is 0 Å². The zero-order valence-electron chi connectivity index (χ0n) is 17.5. The predicted octanol–water partition coefficient (Wildman–Crippen LogP) is 2.36. The van der Waals surface area contributed by atoms with Crippen LogP contribution in [0.3, 0.4) is 0 Å². The molecule has 0 radical (unpaired) electrons. The molecule has 156 valence electrons. The first-order chi connectivity index (χ1) is 13.5. The molecule has 3 fully saturated rings. The lowest BCUT2D eigenvalue weighted by atomic mass is 10.0. The fourth-order valence-electron chi connectivity index (χ4n) is 5.83. The summed E-state index contributed by atoms with van der Waals surface area (Å²) in [5.41, 5.74) is 2.46. The standard InChI is InChI=1S/C21H33N3O4/c1-5-17-19-20(28-21(2,3)27-19)18(26-17)10-24-16-9-7-13-12(14(13)11-25-4)6-8-15(16)22-23-24/h12-14,17-20H,5-11H2,1-4H3/t12-,13+,14?,17?,18?,19?,20?/m0/s1. The van der Waals surface area contributed by atoms with Crippen molar-refractivity contribution in [1.82, 2.24) is 15.0 Å². The van der Waals surface area contributed by atoms with Crippen LogP contribution in [0.15, 0.2) is 0 Å². The van der Waals surface area contributed by atoms with E-state index in [0.717, 1.165) is 43.6 Å². The normalized spacial score (nSPS) is 41.1. The third-order valence-electron chi connectivity index (χ3n) is 7.22. The molecule has 0 amide bonds. The van der Waals surface area contributed by atoms with Crippen molar-refractivity contribution in [3.8, 4) is 0 Å². The number of hydrogen-bond acceptors (Lipinski definition) is 6. The highest BCUT2D eigenvalue weighted by molar-refractivity contribution is 5.15. The fourth-order valence-corrected chi connectivity index (χ4v) is 5.83. The first-order valence-corrected chi connectivity index (χ1v) is 10.9. The van der Waals surface area contributed by atoms with E-state index in [4.69, 9.17) is 18.9 Å². The van der Waals surface area contributed by atoms with E-state index in [-0.39, 0.29) is 24.4 Å². The molecule has 0 spiro atoms. The van der Waals surface area contributed by atoms with Crippen molar-refractivity contribution in [3.63, 3.8) is 0 Å². The lowest BCUT2D eigenvalue weighted by Crippen LogP contribution is -2.33. The molecule has 5 unspecified atom stereocenters. The average Bonchev–Trinajstić information content (AvgIpc) is 2.91. The molecule has 5 rings (SSSR count). The molecule has 28 heavy (non-hydrogen) atoms. The van der Waals surface area contributed by atoms with Gasteiger partial charge in [-0.2, -0.15) is 0 Å². The third kappa shape index (κ3) is 3.20. The van der Waals surface area contributed by atoms with Gasteiger partial charge in [0.15, 0.2) is 5.79 Å². The van der Waals surface area contributed by atoms with Gasteiger partial charge >= 0.3 is 0 Å². The van der Waals surface area contributed by atoms with Gasteiger partial charge < -0.3 is 18.9 Å². The van der Waals surface area contributed by atoms with Gasteiger partial charge in [-0.1, -0.05) is 12.1 Å². The third-order valence-corrected chi connectivity index (χ3v) is 7.22. The second-order valence-corrected chi connectivity index (χ2v) is 9.38. The Balaban J connectivity index is 1.30. The topological polar surface area (TPSA) is 67.6 Å². The average molecular weight is 392 g/mol. The smallest absolute Gasteiger partial charge is 0.164 e. The Hall–Kier alpha value is -1.02. The summed E-state index contributed by atoms with van der Waals surface area (Å²) >= 11 is 0. The van der Waals surface area contributed by atoms with E-state index in [1.165, 1.54) is 24.2 Å². The van der Waals surface area contributed by atoms with E-state index in [2.05, 4.69) is 21.9 Å². The van der Waals surface area contributed by atoms with E-state index in [1.54, 1.807) is 0 Å². The van der Waals surface area contributed by atoms with Crippen LogP contribution in [0.25, 0.3) is 0 Å². The molecule has 7 nitrogen and oxygen atoms in total. The van der Waals surface area contributed by atoms with Crippen LogP contribution in [-0.4, -0.2) is 58.9 Å². The minimum atomic E-state index is -0.542.